The van der Waals surface area contributed by atoms with Crippen LogP contribution in [0.3, 0.4) is 0 Å². The Morgan fingerprint density at radius 1 is 1.18 bits per heavy atom. The summed E-state index contributed by atoms with van der Waals surface area (Å²) in [6.45, 7) is 12.6. The van der Waals surface area contributed by atoms with Gasteiger partial charge in [0, 0.05) is 0 Å². The third-order valence-corrected chi connectivity index (χ3v) is 1.24. The Morgan fingerprint density at radius 2 is 1.73 bits per heavy atom. The molecule has 0 amide bonds. The zero-order valence-electron chi connectivity index (χ0n) is 7.26. The van der Waals surface area contributed by atoms with E-state index in [-0.39, 0.29) is 0 Å². The molecule has 0 aliphatic heterocycles. The van der Waals surface area contributed by atoms with Crippen molar-refractivity contribution in [3.8, 4) is 0 Å². The van der Waals surface area contributed by atoms with Crippen LogP contribution in [0.15, 0.2) is 24.3 Å². The van der Waals surface area contributed by atoms with Gasteiger partial charge in [0.2, 0.25) is 0 Å². The second-order valence-corrected chi connectivity index (χ2v) is 1.90. The third-order valence-electron chi connectivity index (χ3n) is 1.24. The third kappa shape index (κ3) is 2.86. The van der Waals surface area contributed by atoms with E-state index >= 15 is 0 Å². The van der Waals surface area contributed by atoms with Gasteiger partial charge < -0.3 is 0 Å². The lowest BCUT2D eigenvalue weighted by Crippen LogP contribution is -1.67. The van der Waals surface area contributed by atoms with Gasteiger partial charge in [-0.15, -0.1) is 0 Å². The summed E-state index contributed by atoms with van der Waals surface area (Å²) in [6, 6.07) is 7.57. The van der Waals surface area contributed by atoms with E-state index in [1.165, 1.54) is 0 Å². The molecule has 0 atom stereocenters. The normalized spacial score (nSPS) is 7.45. The van der Waals surface area contributed by atoms with Crippen molar-refractivity contribution in [2.75, 3.05) is 0 Å². The standard InChI is InChI=1S/C8H7N.C2H6/c1-7-5-3-4-6-8(7)9-2;1-2/h3-6H,1H3;1-2H3. The van der Waals surface area contributed by atoms with Crippen LogP contribution in [0.25, 0.3) is 4.85 Å². The van der Waals surface area contributed by atoms with Crippen LogP contribution in [0.5, 0.6) is 0 Å². The highest BCUT2D eigenvalue weighted by Crippen LogP contribution is 2.15. The molecule has 0 fully saturated rings. The van der Waals surface area contributed by atoms with Crippen LogP contribution in [0.1, 0.15) is 19.4 Å². The van der Waals surface area contributed by atoms with Crippen LogP contribution in [0.4, 0.5) is 5.69 Å². The monoisotopic (exact) mass is 147 g/mol. The van der Waals surface area contributed by atoms with Crippen molar-refractivity contribution >= 4 is 5.69 Å². The zero-order valence-corrected chi connectivity index (χ0v) is 7.26. The number of nitrogens with zero attached hydrogens (tertiary/aromatic N) is 1. The van der Waals surface area contributed by atoms with Crippen LogP contribution in [0.2, 0.25) is 0 Å². The molecule has 0 radical (unpaired) electrons. The van der Waals surface area contributed by atoms with E-state index < -0.39 is 0 Å². The molecule has 1 aromatic carbocycles. The van der Waals surface area contributed by atoms with Gasteiger partial charge in [-0.05, 0) is 12.5 Å². The maximum Gasteiger partial charge on any atom is 0.190 e. The summed E-state index contributed by atoms with van der Waals surface area (Å²) in [5, 5.41) is 0. The van der Waals surface area contributed by atoms with Gasteiger partial charge in [0.15, 0.2) is 5.69 Å². The molecule has 11 heavy (non-hydrogen) atoms. The molecule has 1 rings (SSSR count). The number of hydrogen-bond acceptors (Lipinski definition) is 0. The highest BCUT2D eigenvalue weighted by atomic mass is 14.6. The number of benzene rings is 1. The zero-order chi connectivity index (χ0) is 8.69. The number of hydrogen-bond donors (Lipinski definition) is 0. The molecule has 0 spiro atoms. The van der Waals surface area contributed by atoms with Gasteiger partial charge >= 0.3 is 0 Å². The molecular weight excluding hydrogens is 134 g/mol. The van der Waals surface area contributed by atoms with Crippen molar-refractivity contribution in [3.63, 3.8) is 0 Å². The van der Waals surface area contributed by atoms with E-state index in [9.17, 15) is 0 Å². The van der Waals surface area contributed by atoms with Gasteiger partial charge in [0.1, 0.15) is 0 Å². The van der Waals surface area contributed by atoms with Crippen molar-refractivity contribution in [3.05, 3.63) is 41.2 Å². The summed E-state index contributed by atoms with van der Waals surface area (Å²) in [6.07, 6.45) is 0. The van der Waals surface area contributed by atoms with E-state index in [0.717, 1.165) is 11.3 Å². The minimum atomic E-state index is 0.748. The van der Waals surface area contributed by atoms with Gasteiger partial charge in [-0.25, -0.2) is 4.85 Å². The summed E-state index contributed by atoms with van der Waals surface area (Å²) in [7, 11) is 0. The number of rotatable bonds is 0. The lowest BCUT2D eigenvalue weighted by atomic mass is 10.2. The fourth-order valence-electron chi connectivity index (χ4n) is 0.689. The molecule has 0 heterocycles. The predicted octanol–water partition coefficient (Wildman–Crippen LogP) is 3.57. The highest BCUT2D eigenvalue weighted by Gasteiger charge is 1.90. The Hall–Kier alpha value is -1.29. The van der Waals surface area contributed by atoms with Crippen molar-refractivity contribution < 1.29 is 0 Å². The van der Waals surface area contributed by atoms with Crippen molar-refractivity contribution in [2.24, 2.45) is 0 Å². The Morgan fingerprint density at radius 3 is 2.09 bits per heavy atom. The summed E-state index contributed by atoms with van der Waals surface area (Å²) >= 11 is 0. The van der Waals surface area contributed by atoms with Crippen molar-refractivity contribution in [1.29, 1.82) is 0 Å². The molecule has 0 saturated heterocycles. The minimum Gasteiger partial charge on any atom is -0.238 e. The highest BCUT2D eigenvalue weighted by molar-refractivity contribution is 5.50. The van der Waals surface area contributed by atoms with Crippen LogP contribution in [0, 0.1) is 13.5 Å². The average Bonchev–Trinajstić information content (AvgIpc) is 2.09. The Bertz CT molecular complexity index is 245. The quantitative estimate of drug-likeness (QED) is 0.494. The van der Waals surface area contributed by atoms with Crippen molar-refractivity contribution in [2.45, 2.75) is 20.8 Å². The Kier molecular flexibility index (Phi) is 4.85. The number of aryl methyl sites for hydroxylation is 1. The van der Waals surface area contributed by atoms with Gasteiger partial charge in [0.25, 0.3) is 0 Å². The average molecular weight is 147 g/mol. The summed E-state index contributed by atoms with van der Waals surface area (Å²) in [5.41, 5.74) is 1.80. The molecule has 58 valence electrons. The van der Waals surface area contributed by atoms with Gasteiger partial charge in [-0.1, -0.05) is 38.1 Å². The molecule has 1 heteroatoms. The van der Waals surface area contributed by atoms with Gasteiger partial charge in [0.05, 0.1) is 6.57 Å². The van der Waals surface area contributed by atoms with E-state index in [1.54, 1.807) is 0 Å². The summed E-state index contributed by atoms with van der Waals surface area (Å²) in [5.74, 6) is 0. The lowest BCUT2D eigenvalue weighted by Gasteiger charge is -1.91. The SMILES string of the molecule is CC.[C-]#[N+]c1ccccc1C. The van der Waals surface area contributed by atoms with Gasteiger partial charge in [-0.3, -0.25) is 0 Å². The molecule has 0 saturated carbocycles. The van der Waals surface area contributed by atoms with Crippen LogP contribution < -0.4 is 0 Å². The number of para-hydroxylation sites is 1. The molecular formula is C10H13N. The molecule has 0 bridgehead atoms. The van der Waals surface area contributed by atoms with Crippen LogP contribution in [-0.2, 0) is 0 Å². The van der Waals surface area contributed by atoms with Gasteiger partial charge in [-0.2, -0.15) is 0 Å². The van der Waals surface area contributed by atoms with E-state index in [1.807, 2.05) is 45.0 Å². The Labute approximate surface area is 68.5 Å². The van der Waals surface area contributed by atoms with Crippen LogP contribution >= 0.6 is 0 Å². The molecule has 0 aromatic heterocycles. The first-order valence-electron chi connectivity index (χ1n) is 3.77. The maximum absolute atomic E-state index is 6.71. The topological polar surface area (TPSA) is 4.36 Å². The Balaban J connectivity index is 0.000000461. The second kappa shape index (κ2) is 5.49. The first kappa shape index (κ1) is 9.71. The fraction of sp³-hybridized carbons (Fsp3) is 0.300. The minimum absolute atomic E-state index is 0.748. The first-order chi connectivity index (χ1) is 5.34. The fourth-order valence-corrected chi connectivity index (χ4v) is 0.689. The second-order valence-electron chi connectivity index (χ2n) is 1.90. The molecule has 0 aliphatic carbocycles. The molecule has 0 unspecified atom stereocenters. The smallest absolute Gasteiger partial charge is 0.190 e. The molecule has 0 N–H and O–H groups in total. The first-order valence-corrected chi connectivity index (χ1v) is 3.77. The maximum atomic E-state index is 6.71. The van der Waals surface area contributed by atoms with E-state index in [2.05, 4.69) is 4.85 Å². The van der Waals surface area contributed by atoms with E-state index in [4.69, 9.17) is 6.57 Å². The van der Waals surface area contributed by atoms with Crippen LogP contribution in [-0.4, -0.2) is 0 Å². The molecule has 1 aromatic rings. The predicted molar refractivity (Wildman–Crippen MR) is 48.8 cm³/mol. The van der Waals surface area contributed by atoms with Crippen molar-refractivity contribution in [1.82, 2.24) is 0 Å². The lowest BCUT2D eigenvalue weighted by molar-refractivity contribution is 1.49. The van der Waals surface area contributed by atoms with E-state index in [0.29, 0.717) is 0 Å². The summed E-state index contributed by atoms with van der Waals surface area (Å²) in [4.78, 5) is 3.32. The summed E-state index contributed by atoms with van der Waals surface area (Å²) < 4.78 is 0. The molecule has 0 aliphatic rings. The largest absolute Gasteiger partial charge is 0.238 e. The molecule has 1 nitrogen and oxygen atoms in total.